The second kappa shape index (κ2) is 14.8. The van der Waals surface area contributed by atoms with Crippen molar-refractivity contribution in [2.24, 2.45) is 0 Å². The van der Waals surface area contributed by atoms with Crippen LogP contribution in [-0.4, -0.2) is 76.2 Å². The SMILES string of the molecule is OCCOCCOCCOCCOCCOc1ccc(Br)cn1. The molecule has 0 aliphatic heterocycles. The normalized spacial score (nSPS) is 10.9. The molecule has 0 saturated carbocycles. The lowest BCUT2D eigenvalue weighted by molar-refractivity contribution is -0.00790. The summed E-state index contributed by atoms with van der Waals surface area (Å²) in [5.41, 5.74) is 0. The van der Waals surface area contributed by atoms with Crippen LogP contribution in [0.25, 0.3) is 0 Å². The number of hydrogen-bond donors (Lipinski definition) is 1. The van der Waals surface area contributed by atoms with E-state index in [0.717, 1.165) is 4.47 Å². The summed E-state index contributed by atoms with van der Waals surface area (Å²) in [6.45, 7) is 4.36. The van der Waals surface area contributed by atoms with Crippen molar-refractivity contribution in [3.05, 3.63) is 22.8 Å². The van der Waals surface area contributed by atoms with E-state index < -0.39 is 0 Å². The van der Waals surface area contributed by atoms with E-state index in [1.807, 2.05) is 6.07 Å². The number of aliphatic hydroxyl groups is 1. The summed E-state index contributed by atoms with van der Waals surface area (Å²) in [4.78, 5) is 4.09. The van der Waals surface area contributed by atoms with Gasteiger partial charge in [-0.25, -0.2) is 4.98 Å². The molecular weight excluding hydrogens is 370 g/mol. The minimum Gasteiger partial charge on any atom is -0.475 e. The van der Waals surface area contributed by atoms with Crippen molar-refractivity contribution in [3.63, 3.8) is 0 Å². The smallest absolute Gasteiger partial charge is 0.213 e. The Balaban J connectivity index is 1.77. The number of halogens is 1. The number of ether oxygens (including phenoxy) is 5. The molecule has 0 aromatic carbocycles. The van der Waals surface area contributed by atoms with Gasteiger partial charge in [-0.2, -0.15) is 0 Å². The van der Waals surface area contributed by atoms with Gasteiger partial charge in [-0.05, 0) is 22.0 Å². The quantitative estimate of drug-likeness (QED) is 0.449. The van der Waals surface area contributed by atoms with Crippen LogP contribution >= 0.6 is 15.9 Å². The molecule has 0 aliphatic rings. The van der Waals surface area contributed by atoms with Gasteiger partial charge in [0.25, 0.3) is 0 Å². The fourth-order valence-corrected chi connectivity index (χ4v) is 1.71. The van der Waals surface area contributed by atoms with E-state index >= 15 is 0 Å². The Hall–Kier alpha value is -0.770. The van der Waals surface area contributed by atoms with E-state index in [4.69, 9.17) is 28.8 Å². The Kier molecular flexibility index (Phi) is 13.0. The van der Waals surface area contributed by atoms with Gasteiger partial charge >= 0.3 is 0 Å². The van der Waals surface area contributed by atoms with Crippen LogP contribution in [-0.2, 0) is 18.9 Å². The summed E-state index contributed by atoms with van der Waals surface area (Å²) in [6, 6.07) is 3.67. The van der Waals surface area contributed by atoms with E-state index in [1.54, 1.807) is 12.3 Å². The highest BCUT2D eigenvalue weighted by Gasteiger charge is 1.96. The number of rotatable bonds is 15. The molecule has 1 heterocycles. The molecule has 132 valence electrons. The zero-order valence-corrected chi connectivity index (χ0v) is 14.7. The summed E-state index contributed by atoms with van der Waals surface area (Å²) in [7, 11) is 0. The van der Waals surface area contributed by atoms with Crippen LogP contribution in [0.15, 0.2) is 22.8 Å². The zero-order chi connectivity index (χ0) is 16.6. The van der Waals surface area contributed by atoms with Crippen LogP contribution < -0.4 is 4.74 Å². The van der Waals surface area contributed by atoms with Crippen LogP contribution in [0, 0.1) is 0 Å². The molecule has 23 heavy (non-hydrogen) atoms. The second-order valence-corrected chi connectivity index (χ2v) is 5.25. The Morgan fingerprint density at radius 3 is 1.78 bits per heavy atom. The van der Waals surface area contributed by atoms with Gasteiger partial charge in [0.05, 0.1) is 59.5 Å². The molecule has 0 amide bonds. The molecule has 0 spiro atoms. The predicted molar refractivity (Wildman–Crippen MR) is 87.8 cm³/mol. The standard InChI is InChI=1S/C15H24BrNO6/c16-14-1-2-15(17-13-14)23-12-11-22-10-9-21-8-7-20-6-5-19-4-3-18/h1-2,13,18H,3-12H2. The Labute approximate surface area is 145 Å². The van der Waals surface area contributed by atoms with Gasteiger partial charge in [0.15, 0.2) is 0 Å². The molecule has 0 fully saturated rings. The molecule has 1 aromatic rings. The van der Waals surface area contributed by atoms with Crippen molar-refractivity contribution in [2.75, 3.05) is 66.1 Å². The molecule has 0 unspecified atom stereocenters. The maximum atomic E-state index is 8.50. The average Bonchev–Trinajstić information content (AvgIpc) is 2.57. The lowest BCUT2D eigenvalue weighted by atomic mass is 10.5. The van der Waals surface area contributed by atoms with Crippen molar-refractivity contribution in [1.82, 2.24) is 4.98 Å². The van der Waals surface area contributed by atoms with Crippen molar-refractivity contribution in [1.29, 1.82) is 0 Å². The summed E-state index contributed by atoms with van der Waals surface area (Å²) < 4.78 is 27.4. The first-order valence-electron chi connectivity index (χ1n) is 7.49. The van der Waals surface area contributed by atoms with E-state index in [1.165, 1.54) is 0 Å². The van der Waals surface area contributed by atoms with Crippen LogP contribution in [0.1, 0.15) is 0 Å². The Morgan fingerprint density at radius 1 is 0.783 bits per heavy atom. The lowest BCUT2D eigenvalue weighted by Crippen LogP contribution is -2.14. The molecule has 1 rings (SSSR count). The molecular formula is C15H24BrNO6. The van der Waals surface area contributed by atoms with Crippen molar-refractivity contribution < 1.29 is 28.8 Å². The highest BCUT2D eigenvalue weighted by molar-refractivity contribution is 9.10. The van der Waals surface area contributed by atoms with E-state index in [0.29, 0.717) is 65.3 Å². The molecule has 1 aromatic heterocycles. The first kappa shape index (κ1) is 20.3. The van der Waals surface area contributed by atoms with E-state index in [9.17, 15) is 0 Å². The molecule has 0 saturated heterocycles. The molecule has 0 atom stereocenters. The number of nitrogens with zero attached hydrogens (tertiary/aromatic N) is 1. The number of hydrogen-bond acceptors (Lipinski definition) is 7. The molecule has 0 aliphatic carbocycles. The van der Waals surface area contributed by atoms with E-state index in [2.05, 4.69) is 20.9 Å². The second-order valence-electron chi connectivity index (χ2n) is 4.34. The van der Waals surface area contributed by atoms with Gasteiger partial charge in [0.2, 0.25) is 5.88 Å². The van der Waals surface area contributed by atoms with Crippen molar-refractivity contribution in [3.8, 4) is 5.88 Å². The average molecular weight is 394 g/mol. The minimum absolute atomic E-state index is 0.0355. The van der Waals surface area contributed by atoms with Gasteiger partial charge in [0, 0.05) is 16.7 Å². The third-order valence-electron chi connectivity index (χ3n) is 2.53. The summed E-state index contributed by atoms with van der Waals surface area (Å²) in [6.07, 6.45) is 1.69. The van der Waals surface area contributed by atoms with Gasteiger partial charge in [-0.3, -0.25) is 0 Å². The molecule has 0 radical (unpaired) electrons. The fraction of sp³-hybridized carbons (Fsp3) is 0.667. The van der Waals surface area contributed by atoms with Gasteiger partial charge in [0.1, 0.15) is 6.61 Å². The summed E-state index contributed by atoms with van der Waals surface area (Å²) in [5.74, 6) is 0.577. The summed E-state index contributed by atoms with van der Waals surface area (Å²) in [5, 5.41) is 8.50. The third-order valence-corrected chi connectivity index (χ3v) is 3.00. The molecule has 0 bridgehead atoms. The van der Waals surface area contributed by atoms with Crippen LogP contribution in [0.2, 0.25) is 0 Å². The minimum atomic E-state index is 0.0355. The monoisotopic (exact) mass is 393 g/mol. The van der Waals surface area contributed by atoms with Crippen LogP contribution in [0.5, 0.6) is 5.88 Å². The predicted octanol–water partition coefficient (Wildman–Crippen LogP) is 1.28. The molecule has 1 N–H and O–H groups in total. The van der Waals surface area contributed by atoms with E-state index in [-0.39, 0.29) is 6.61 Å². The van der Waals surface area contributed by atoms with Gasteiger partial charge < -0.3 is 28.8 Å². The Bertz CT molecular complexity index is 379. The lowest BCUT2D eigenvalue weighted by Gasteiger charge is -2.08. The van der Waals surface area contributed by atoms with Gasteiger partial charge in [-0.1, -0.05) is 0 Å². The summed E-state index contributed by atoms with van der Waals surface area (Å²) >= 11 is 3.31. The maximum absolute atomic E-state index is 8.50. The highest BCUT2D eigenvalue weighted by atomic mass is 79.9. The maximum Gasteiger partial charge on any atom is 0.213 e. The Morgan fingerprint density at radius 2 is 1.30 bits per heavy atom. The molecule has 8 heteroatoms. The topological polar surface area (TPSA) is 79.3 Å². The van der Waals surface area contributed by atoms with Crippen molar-refractivity contribution >= 4 is 15.9 Å². The number of aromatic nitrogens is 1. The van der Waals surface area contributed by atoms with Gasteiger partial charge in [-0.15, -0.1) is 0 Å². The first-order valence-corrected chi connectivity index (χ1v) is 8.28. The largest absolute Gasteiger partial charge is 0.475 e. The fourth-order valence-electron chi connectivity index (χ4n) is 1.48. The van der Waals surface area contributed by atoms with Crippen LogP contribution in [0.4, 0.5) is 0 Å². The molecule has 7 nitrogen and oxygen atoms in total. The zero-order valence-electron chi connectivity index (χ0n) is 13.1. The first-order chi connectivity index (χ1) is 11.3. The number of pyridine rings is 1. The van der Waals surface area contributed by atoms with Crippen molar-refractivity contribution in [2.45, 2.75) is 0 Å². The highest BCUT2D eigenvalue weighted by Crippen LogP contribution is 2.11. The van der Waals surface area contributed by atoms with Crippen LogP contribution in [0.3, 0.4) is 0 Å². The third kappa shape index (κ3) is 12.3. The number of aliphatic hydroxyl groups excluding tert-OH is 1.